The Morgan fingerprint density at radius 1 is 0.943 bits per heavy atom. The van der Waals surface area contributed by atoms with Crippen molar-refractivity contribution in [1.29, 1.82) is 0 Å². The fourth-order valence-corrected chi connectivity index (χ4v) is 3.94. The molecule has 1 unspecified atom stereocenters. The number of aliphatic imine (C=N–C) groups is 1. The minimum absolute atomic E-state index is 0.0626. The number of amides is 2. The molecule has 2 amide bonds. The van der Waals surface area contributed by atoms with Crippen LogP contribution >= 0.6 is 0 Å². The van der Waals surface area contributed by atoms with E-state index in [1.54, 1.807) is 26.0 Å². The molecule has 0 radical (unpaired) electrons. The number of aliphatic hydroxyl groups is 1. The summed E-state index contributed by atoms with van der Waals surface area (Å²) in [4.78, 5) is 57.7. The summed E-state index contributed by atoms with van der Waals surface area (Å²) in [5.74, 6) is -3.69. The first-order valence-corrected chi connectivity index (χ1v) is 11.5. The Balaban J connectivity index is 1.90. The lowest BCUT2D eigenvalue weighted by Crippen LogP contribution is -2.63. The highest BCUT2D eigenvalue weighted by molar-refractivity contribution is 6.26. The quantitative estimate of drug-likeness (QED) is 0.227. The minimum atomic E-state index is -2.33. The number of imide groups is 1. The van der Waals surface area contributed by atoms with Gasteiger partial charge in [-0.15, -0.1) is 0 Å². The Labute approximate surface area is 203 Å². The third-order valence-electron chi connectivity index (χ3n) is 5.60. The van der Waals surface area contributed by atoms with E-state index in [9.17, 15) is 24.3 Å². The maximum atomic E-state index is 13.2. The number of hydrogen-bond donors (Lipinski definition) is 1. The Kier molecular flexibility index (Phi) is 8.48. The number of benzene rings is 2. The number of ether oxygens (including phenoxy) is 2. The summed E-state index contributed by atoms with van der Waals surface area (Å²) >= 11 is 0. The third-order valence-corrected chi connectivity index (χ3v) is 5.60. The molecule has 1 N–H and O–H groups in total. The molecule has 0 bridgehead atoms. The summed E-state index contributed by atoms with van der Waals surface area (Å²) in [5.41, 5.74) is -1.36. The molecule has 184 valence electrons. The van der Waals surface area contributed by atoms with Gasteiger partial charge in [-0.05, 0) is 50.8 Å². The summed E-state index contributed by atoms with van der Waals surface area (Å²) in [7, 11) is 0. The number of rotatable bonds is 11. The van der Waals surface area contributed by atoms with E-state index in [1.165, 1.54) is 18.3 Å². The van der Waals surface area contributed by atoms with Crippen LogP contribution in [0.2, 0.25) is 0 Å². The molecule has 0 saturated carbocycles. The molecule has 2 aromatic carbocycles. The van der Waals surface area contributed by atoms with Gasteiger partial charge in [-0.2, -0.15) is 0 Å². The van der Waals surface area contributed by atoms with Crippen LogP contribution in [-0.2, 0) is 19.1 Å². The summed E-state index contributed by atoms with van der Waals surface area (Å²) in [6.45, 7) is 2.96. The van der Waals surface area contributed by atoms with E-state index < -0.39 is 35.5 Å². The maximum Gasteiger partial charge on any atom is 0.344 e. The van der Waals surface area contributed by atoms with E-state index >= 15 is 0 Å². The molecule has 1 aliphatic heterocycles. The maximum absolute atomic E-state index is 13.2. The van der Waals surface area contributed by atoms with Gasteiger partial charge < -0.3 is 14.6 Å². The molecule has 1 heterocycles. The number of esters is 2. The average Bonchev–Trinajstić information content (AvgIpc) is 3.12. The van der Waals surface area contributed by atoms with Crippen molar-refractivity contribution in [3.8, 4) is 0 Å². The Hall–Kier alpha value is -3.85. The first kappa shape index (κ1) is 25.8. The highest BCUT2D eigenvalue weighted by atomic mass is 16.6. The smallest absolute Gasteiger partial charge is 0.344 e. The van der Waals surface area contributed by atoms with Crippen molar-refractivity contribution in [3.63, 3.8) is 0 Å². The van der Waals surface area contributed by atoms with Crippen LogP contribution in [0.5, 0.6) is 0 Å². The second kappa shape index (κ2) is 11.5. The molecule has 0 aromatic heterocycles. The van der Waals surface area contributed by atoms with Crippen LogP contribution in [0.25, 0.3) is 0 Å². The van der Waals surface area contributed by atoms with Gasteiger partial charge in [-0.25, -0.2) is 14.5 Å². The van der Waals surface area contributed by atoms with Crippen molar-refractivity contribution in [3.05, 3.63) is 71.3 Å². The first-order chi connectivity index (χ1) is 16.9. The van der Waals surface area contributed by atoms with Crippen LogP contribution in [0.3, 0.4) is 0 Å². The second-order valence-electron chi connectivity index (χ2n) is 7.85. The van der Waals surface area contributed by atoms with Crippen molar-refractivity contribution >= 4 is 30.0 Å². The van der Waals surface area contributed by atoms with Crippen LogP contribution in [-0.4, -0.2) is 65.0 Å². The molecule has 35 heavy (non-hydrogen) atoms. The monoisotopic (exact) mass is 480 g/mol. The number of aliphatic hydroxyl groups excluding tert-OH is 1. The van der Waals surface area contributed by atoms with E-state index in [2.05, 4.69) is 4.99 Å². The predicted octanol–water partition coefficient (Wildman–Crippen LogP) is 2.76. The van der Waals surface area contributed by atoms with Crippen LogP contribution in [0, 0.1) is 0 Å². The lowest BCUT2D eigenvalue weighted by molar-refractivity contribution is -0.172. The normalized spacial score (nSPS) is 14.2. The van der Waals surface area contributed by atoms with Gasteiger partial charge in [0, 0.05) is 6.21 Å². The summed E-state index contributed by atoms with van der Waals surface area (Å²) in [6, 6.07) is 15.3. The molecular formula is C26H28N2O7. The largest absolute Gasteiger partial charge is 0.464 e. The molecule has 3 rings (SSSR count). The molecule has 1 atom stereocenters. The molecular weight excluding hydrogens is 452 g/mol. The zero-order chi connectivity index (χ0) is 25.4. The zero-order valence-corrected chi connectivity index (χ0v) is 19.7. The van der Waals surface area contributed by atoms with Crippen LogP contribution < -0.4 is 0 Å². The molecule has 9 nitrogen and oxygen atoms in total. The topological polar surface area (TPSA) is 123 Å². The first-order valence-electron chi connectivity index (χ1n) is 11.5. The van der Waals surface area contributed by atoms with Crippen molar-refractivity contribution < 1.29 is 33.8 Å². The van der Waals surface area contributed by atoms with Crippen molar-refractivity contribution in [2.24, 2.45) is 4.99 Å². The van der Waals surface area contributed by atoms with E-state index in [0.29, 0.717) is 4.90 Å². The van der Waals surface area contributed by atoms with E-state index in [0.717, 1.165) is 5.56 Å². The predicted molar refractivity (Wildman–Crippen MR) is 127 cm³/mol. The Morgan fingerprint density at radius 2 is 1.46 bits per heavy atom. The molecule has 0 fully saturated rings. The fraction of sp³-hybridized carbons (Fsp3) is 0.346. The summed E-state index contributed by atoms with van der Waals surface area (Å²) in [6.07, 6.45) is 0.220. The van der Waals surface area contributed by atoms with Crippen molar-refractivity contribution in [2.45, 2.75) is 44.9 Å². The van der Waals surface area contributed by atoms with Gasteiger partial charge in [0.25, 0.3) is 11.8 Å². The van der Waals surface area contributed by atoms with Gasteiger partial charge in [-0.3, -0.25) is 14.6 Å². The van der Waals surface area contributed by atoms with Crippen LogP contribution in [0.1, 0.15) is 59.4 Å². The lowest BCUT2D eigenvalue weighted by Gasteiger charge is -2.35. The number of nitrogens with zero attached hydrogens (tertiary/aromatic N) is 2. The van der Waals surface area contributed by atoms with E-state index in [4.69, 9.17) is 9.47 Å². The Bertz CT molecular complexity index is 1060. The van der Waals surface area contributed by atoms with Gasteiger partial charge in [-0.1, -0.05) is 42.5 Å². The number of carbonyl (C=O) groups excluding carboxylic acids is 4. The second-order valence-corrected chi connectivity index (χ2v) is 7.85. The van der Waals surface area contributed by atoms with E-state index in [1.807, 2.05) is 30.3 Å². The SMILES string of the molecule is CCOC(=O)C(CCCC(O)/N=C\c1ccccc1)(C(=O)OCC)N1C(=O)c2ccccc2C1=O. The highest BCUT2D eigenvalue weighted by Crippen LogP contribution is 2.35. The van der Waals surface area contributed by atoms with Crippen LogP contribution in [0.4, 0.5) is 0 Å². The van der Waals surface area contributed by atoms with Gasteiger partial charge in [0.1, 0.15) is 6.23 Å². The fourth-order valence-electron chi connectivity index (χ4n) is 3.94. The number of fused-ring (bicyclic) bond motifs is 1. The van der Waals surface area contributed by atoms with Crippen molar-refractivity contribution in [2.75, 3.05) is 13.2 Å². The number of hydrogen-bond acceptors (Lipinski definition) is 8. The molecule has 0 aliphatic carbocycles. The third kappa shape index (κ3) is 5.30. The molecule has 9 heteroatoms. The number of carbonyl (C=O) groups is 4. The van der Waals surface area contributed by atoms with Gasteiger partial charge in [0.2, 0.25) is 5.54 Å². The standard InChI is InChI=1S/C26H28N2O7/c1-3-34-24(32)26(25(33)35-4-2,28-22(30)19-13-8-9-14-20(19)23(28)31)16-10-15-21(29)27-17-18-11-6-5-7-12-18/h5-9,11-14,17,21,29H,3-4,10,15-16H2,1-2H3/b27-17-. The van der Waals surface area contributed by atoms with Crippen LogP contribution in [0.15, 0.2) is 59.6 Å². The van der Waals surface area contributed by atoms with Crippen molar-refractivity contribution in [1.82, 2.24) is 4.90 Å². The minimum Gasteiger partial charge on any atom is -0.464 e. The molecule has 0 saturated heterocycles. The van der Waals surface area contributed by atoms with Gasteiger partial charge in [0.15, 0.2) is 0 Å². The lowest BCUT2D eigenvalue weighted by atomic mass is 9.89. The summed E-state index contributed by atoms with van der Waals surface area (Å²) in [5, 5.41) is 10.3. The molecule has 1 aliphatic rings. The average molecular weight is 481 g/mol. The molecule has 0 spiro atoms. The van der Waals surface area contributed by atoms with E-state index in [-0.39, 0.29) is 43.6 Å². The Morgan fingerprint density at radius 3 is 1.97 bits per heavy atom. The molecule has 2 aromatic rings. The zero-order valence-electron chi connectivity index (χ0n) is 19.7. The highest BCUT2D eigenvalue weighted by Gasteiger charge is 2.60. The van der Waals surface area contributed by atoms with Gasteiger partial charge in [0.05, 0.1) is 24.3 Å². The summed E-state index contributed by atoms with van der Waals surface area (Å²) < 4.78 is 10.3. The van der Waals surface area contributed by atoms with Gasteiger partial charge >= 0.3 is 11.9 Å².